The molecule has 0 N–H and O–H groups in total. The summed E-state index contributed by atoms with van der Waals surface area (Å²) >= 11 is 0. The molecule has 106 valence electrons. The van der Waals surface area contributed by atoms with Gasteiger partial charge in [0.1, 0.15) is 11.5 Å². The lowest BCUT2D eigenvalue weighted by atomic mass is 9.89. The predicted octanol–water partition coefficient (Wildman–Crippen LogP) is 4.10. The van der Waals surface area contributed by atoms with Gasteiger partial charge in [0, 0.05) is 12.5 Å². The van der Waals surface area contributed by atoms with E-state index in [9.17, 15) is 4.79 Å². The van der Waals surface area contributed by atoms with Crippen molar-refractivity contribution in [2.45, 2.75) is 40.0 Å². The van der Waals surface area contributed by atoms with Crippen molar-refractivity contribution in [3.63, 3.8) is 0 Å². The third-order valence-electron chi connectivity index (χ3n) is 3.04. The Hall–Kier alpha value is -1.51. The zero-order chi connectivity index (χ0) is 14.5. The van der Waals surface area contributed by atoms with Crippen LogP contribution in [-0.4, -0.2) is 20.0 Å². The Kier molecular flexibility index (Phi) is 5.40. The first kappa shape index (κ1) is 15.5. The van der Waals surface area contributed by atoms with Crippen LogP contribution in [0, 0.1) is 5.41 Å². The zero-order valence-corrected chi connectivity index (χ0v) is 12.6. The monoisotopic (exact) mass is 264 g/mol. The highest BCUT2D eigenvalue weighted by atomic mass is 16.5. The number of benzene rings is 1. The van der Waals surface area contributed by atoms with E-state index >= 15 is 0 Å². The fourth-order valence-electron chi connectivity index (χ4n) is 1.94. The lowest BCUT2D eigenvalue weighted by Gasteiger charge is -2.17. The number of carbonyl (C=O) groups excluding carboxylic acids is 1. The fourth-order valence-corrected chi connectivity index (χ4v) is 1.94. The SMILES string of the molecule is COc1ccc(C(=O)CCCC(C)(C)C)c(OC)c1. The summed E-state index contributed by atoms with van der Waals surface area (Å²) < 4.78 is 10.4. The third kappa shape index (κ3) is 4.93. The van der Waals surface area contributed by atoms with E-state index < -0.39 is 0 Å². The van der Waals surface area contributed by atoms with Crippen molar-refractivity contribution in [3.05, 3.63) is 23.8 Å². The van der Waals surface area contributed by atoms with Crippen molar-refractivity contribution < 1.29 is 14.3 Å². The molecule has 0 amide bonds. The molecule has 0 aromatic heterocycles. The van der Waals surface area contributed by atoms with E-state index in [1.54, 1.807) is 32.4 Å². The second-order valence-electron chi connectivity index (χ2n) is 5.90. The Morgan fingerprint density at radius 3 is 2.37 bits per heavy atom. The lowest BCUT2D eigenvalue weighted by molar-refractivity contribution is 0.0973. The van der Waals surface area contributed by atoms with Crippen LogP contribution in [0.1, 0.15) is 50.4 Å². The largest absolute Gasteiger partial charge is 0.497 e. The van der Waals surface area contributed by atoms with Gasteiger partial charge in [0.2, 0.25) is 0 Å². The van der Waals surface area contributed by atoms with E-state index in [1.807, 2.05) is 0 Å². The number of Topliss-reactive ketones (excluding diaryl/α,β-unsaturated/α-hetero) is 1. The van der Waals surface area contributed by atoms with Gasteiger partial charge in [-0.15, -0.1) is 0 Å². The topological polar surface area (TPSA) is 35.5 Å². The Labute approximate surface area is 115 Å². The van der Waals surface area contributed by atoms with E-state index in [1.165, 1.54) is 0 Å². The molecule has 0 unspecified atom stereocenters. The van der Waals surface area contributed by atoms with E-state index in [2.05, 4.69) is 20.8 Å². The molecule has 0 aliphatic heterocycles. The fraction of sp³-hybridized carbons (Fsp3) is 0.562. The highest BCUT2D eigenvalue weighted by Crippen LogP contribution is 2.27. The van der Waals surface area contributed by atoms with Gasteiger partial charge in [0.15, 0.2) is 5.78 Å². The summed E-state index contributed by atoms with van der Waals surface area (Å²) in [6, 6.07) is 5.31. The first-order valence-electron chi connectivity index (χ1n) is 6.62. The number of rotatable bonds is 6. The van der Waals surface area contributed by atoms with E-state index in [0.717, 1.165) is 12.8 Å². The van der Waals surface area contributed by atoms with Crippen LogP contribution in [0.3, 0.4) is 0 Å². The highest BCUT2D eigenvalue weighted by Gasteiger charge is 2.15. The number of methoxy groups -OCH3 is 2. The van der Waals surface area contributed by atoms with Crippen LogP contribution in [0.4, 0.5) is 0 Å². The van der Waals surface area contributed by atoms with Crippen molar-refractivity contribution in [2.75, 3.05) is 14.2 Å². The maximum absolute atomic E-state index is 12.2. The molecule has 0 saturated heterocycles. The zero-order valence-electron chi connectivity index (χ0n) is 12.6. The minimum absolute atomic E-state index is 0.128. The molecular weight excluding hydrogens is 240 g/mol. The molecule has 0 aliphatic carbocycles. The predicted molar refractivity (Wildman–Crippen MR) is 77.2 cm³/mol. The van der Waals surface area contributed by atoms with Gasteiger partial charge in [-0.1, -0.05) is 20.8 Å². The number of ether oxygens (including phenoxy) is 2. The number of ketones is 1. The molecule has 0 radical (unpaired) electrons. The molecule has 0 fully saturated rings. The summed E-state index contributed by atoms with van der Waals surface area (Å²) in [4.78, 5) is 12.2. The molecule has 1 rings (SSSR count). The molecule has 0 saturated carbocycles. The third-order valence-corrected chi connectivity index (χ3v) is 3.04. The van der Waals surface area contributed by atoms with Gasteiger partial charge in [-0.3, -0.25) is 4.79 Å². The maximum Gasteiger partial charge on any atom is 0.166 e. The average molecular weight is 264 g/mol. The van der Waals surface area contributed by atoms with Crippen LogP contribution >= 0.6 is 0 Å². The Morgan fingerprint density at radius 1 is 1.16 bits per heavy atom. The Morgan fingerprint density at radius 2 is 1.84 bits per heavy atom. The van der Waals surface area contributed by atoms with Crippen molar-refractivity contribution in [1.82, 2.24) is 0 Å². The van der Waals surface area contributed by atoms with Crippen LogP contribution in [0.2, 0.25) is 0 Å². The molecule has 0 atom stereocenters. The molecule has 0 bridgehead atoms. The first-order valence-corrected chi connectivity index (χ1v) is 6.62. The van der Waals surface area contributed by atoms with Crippen molar-refractivity contribution in [1.29, 1.82) is 0 Å². The van der Waals surface area contributed by atoms with Gasteiger partial charge in [0.25, 0.3) is 0 Å². The smallest absolute Gasteiger partial charge is 0.166 e. The maximum atomic E-state index is 12.2. The molecule has 1 aromatic carbocycles. The molecule has 1 aromatic rings. The summed E-state index contributed by atoms with van der Waals surface area (Å²) in [6.07, 6.45) is 2.49. The second-order valence-corrected chi connectivity index (χ2v) is 5.90. The minimum atomic E-state index is 0.128. The minimum Gasteiger partial charge on any atom is -0.497 e. The van der Waals surface area contributed by atoms with Crippen LogP contribution in [0.25, 0.3) is 0 Å². The van der Waals surface area contributed by atoms with E-state index in [-0.39, 0.29) is 11.2 Å². The van der Waals surface area contributed by atoms with Crippen LogP contribution in [0.5, 0.6) is 11.5 Å². The van der Waals surface area contributed by atoms with Crippen LogP contribution < -0.4 is 9.47 Å². The van der Waals surface area contributed by atoms with Gasteiger partial charge in [-0.2, -0.15) is 0 Å². The summed E-state index contributed by atoms with van der Waals surface area (Å²) in [5.41, 5.74) is 0.904. The van der Waals surface area contributed by atoms with Gasteiger partial charge in [0.05, 0.1) is 19.8 Å². The Bertz CT molecular complexity index is 430. The Balaban J connectivity index is 2.71. The quantitative estimate of drug-likeness (QED) is 0.725. The summed E-state index contributed by atoms with van der Waals surface area (Å²) in [5, 5.41) is 0. The van der Waals surface area contributed by atoms with E-state index in [4.69, 9.17) is 9.47 Å². The summed E-state index contributed by atoms with van der Waals surface area (Å²) in [5.74, 6) is 1.41. The molecule has 0 heterocycles. The average Bonchev–Trinajstić information content (AvgIpc) is 2.36. The number of hydrogen-bond donors (Lipinski definition) is 0. The molecule has 3 heteroatoms. The van der Waals surface area contributed by atoms with Crippen molar-refractivity contribution >= 4 is 5.78 Å². The van der Waals surface area contributed by atoms with Gasteiger partial charge in [-0.25, -0.2) is 0 Å². The number of hydrogen-bond acceptors (Lipinski definition) is 3. The van der Waals surface area contributed by atoms with Crippen LogP contribution in [-0.2, 0) is 0 Å². The molecule has 0 aliphatic rings. The normalized spacial score (nSPS) is 11.2. The molecular formula is C16H24O3. The molecule has 0 spiro atoms. The second kappa shape index (κ2) is 6.60. The van der Waals surface area contributed by atoms with Gasteiger partial charge >= 0.3 is 0 Å². The van der Waals surface area contributed by atoms with Crippen LogP contribution in [0.15, 0.2) is 18.2 Å². The van der Waals surface area contributed by atoms with Gasteiger partial charge in [-0.05, 0) is 30.4 Å². The standard InChI is InChI=1S/C16H24O3/c1-16(2,3)10-6-7-14(17)13-9-8-12(18-4)11-15(13)19-5/h8-9,11H,6-7,10H2,1-5H3. The van der Waals surface area contributed by atoms with Crippen molar-refractivity contribution in [2.24, 2.45) is 5.41 Å². The highest BCUT2D eigenvalue weighted by molar-refractivity contribution is 5.98. The summed E-state index contributed by atoms with van der Waals surface area (Å²) in [7, 11) is 3.17. The molecule has 3 nitrogen and oxygen atoms in total. The van der Waals surface area contributed by atoms with E-state index in [0.29, 0.717) is 23.5 Å². The molecule has 19 heavy (non-hydrogen) atoms. The lowest BCUT2D eigenvalue weighted by Crippen LogP contribution is -2.07. The first-order chi connectivity index (χ1) is 8.87. The number of carbonyl (C=O) groups is 1. The summed E-state index contributed by atoms with van der Waals surface area (Å²) in [6.45, 7) is 6.56. The van der Waals surface area contributed by atoms with Crippen molar-refractivity contribution in [3.8, 4) is 11.5 Å². The van der Waals surface area contributed by atoms with Gasteiger partial charge < -0.3 is 9.47 Å².